The molecule has 0 aromatic heterocycles. The van der Waals surface area contributed by atoms with Gasteiger partial charge < -0.3 is 10.1 Å². The van der Waals surface area contributed by atoms with Crippen LogP contribution in [0.15, 0.2) is 53.4 Å². The minimum absolute atomic E-state index is 0.0332. The number of rotatable bonds is 7. The second-order valence-corrected chi connectivity index (χ2v) is 11.0. The number of para-hydroxylation sites is 1. The van der Waals surface area contributed by atoms with Crippen molar-refractivity contribution in [3.63, 3.8) is 0 Å². The Bertz CT molecular complexity index is 1030. The Kier molecular flexibility index (Phi) is 7.56. The first kappa shape index (κ1) is 24.2. The summed E-state index contributed by atoms with van der Waals surface area (Å²) in [6, 6.07) is 12.6. The molecule has 0 saturated carbocycles. The van der Waals surface area contributed by atoms with Gasteiger partial charge in [0.05, 0.1) is 17.4 Å². The largest absolute Gasteiger partial charge is 0.491 e. The van der Waals surface area contributed by atoms with Gasteiger partial charge in [0.2, 0.25) is 15.9 Å². The van der Waals surface area contributed by atoms with Crippen molar-refractivity contribution in [3.05, 3.63) is 59.9 Å². The molecule has 1 aliphatic rings. The number of nitrogens with one attached hydrogen (secondary N) is 1. The Morgan fingerprint density at radius 1 is 1.16 bits per heavy atom. The lowest BCUT2D eigenvalue weighted by molar-refractivity contribution is -0.126. The lowest BCUT2D eigenvalue weighted by atomic mass is 9.86. The first-order valence-corrected chi connectivity index (χ1v) is 12.3. The van der Waals surface area contributed by atoms with E-state index < -0.39 is 21.8 Å². The molecule has 1 heterocycles. The van der Waals surface area contributed by atoms with E-state index in [2.05, 4.69) is 26.1 Å². The SMILES string of the molecule is CC(C)(C)c1ccccc1OCCNC(=O)C1CCCN(S(=O)(=O)c2ccc(F)cc2)C1. The van der Waals surface area contributed by atoms with Gasteiger partial charge in [0.1, 0.15) is 18.2 Å². The van der Waals surface area contributed by atoms with Gasteiger partial charge in [-0.1, -0.05) is 39.0 Å². The monoisotopic (exact) mass is 462 g/mol. The zero-order valence-corrected chi connectivity index (χ0v) is 19.6. The Balaban J connectivity index is 1.53. The van der Waals surface area contributed by atoms with Gasteiger partial charge in [0.15, 0.2) is 0 Å². The molecule has 3 rings (SSSR count). The van der Waals surface area contributed by atoms with Gasteiger partial charge in [-0.25, -0.2) is 12.8 Å². The molecule has 0 aliphatic carbocycles. The van der Waals surface area contributed by atoms with Gasteiger partial charge in [-0.3, -0.25) is 4.79 Å². The maximum absolute atomic E-state index is 13.1. The summed E-state index contributed by atoms with van der Waals surface area (Å²) in [6.07, 6.45) is 1.21. The minimum Gasteiger partial charge on any atom is -0.491 e. The van der Waals surface area contributed by atoms with Gasteiger partial charge in [-0.15, -0.1) is 0 Å². The number of piperidine rings is 1. The lowest BCUT2D eigenvalue weighted by Crippen LogP contribution is -2.46. The van der Waals surface area contributed by atoms with Crippen LogP contribution in [0, 0.1) is 11.7 Å². The molecule has 1 aliphatic heterocycles. The van der Waals surface area contributed by atoms with E-state index in [1.165, 1.54) is 16.4 Å². The molecule has 174 valence electrons. The van der Waals surface area contributed by atoms with Crippen molar-refractivity contribution < 1.29 is 22.3 Å². The van der Waals surface area contributed by atoms with E-state index in [1.807, 2.05) is 24.3 Å². The van der Waals surface area contributed by atoms with Gasteiger partial charge in [0.25, 0.3) is 0 Å². The van der Waals surface area contributed by atoms with Crippen LogP contribution in [0.5, 0.6) is 5.75 Å². The fraction of sp³-hybridized carbons (Fsp3) is 0.458. The van der Waals surface area contributed by atoms with Crippen molar-refractivity contribution in [2.75, 3.05) is 26.2 Å². The molecule has 6 nitrogen and oxygen atoms in total. The molecule has 0 spiro atoms. The number of hydrogen-bond donors (Lipinski definition) is 1. The maximum Gasteiger partial charge on any atom is 0.243 e. The molecule has 1 atom stereocenters. The Hall–Kier alpha value is -2.45. The fourth-order valence-electron chi connectivity index (χ4n) is 3.82. The van der Waals surface area contributed by atoms with Crippen LogP contribution in [0.1, 0.15) is 39.2 Å². The lowest BCUT2D eigenvalue weighted by Gasteiger charge is -2.31. The van der Waals surface area contributed by atoms with E-state index in [4.69, 9.17) is 4.74 Å². The normalized spacial score (nSPS) is 17.7. The minimum atomic E-state index is -3.76. The molecular formula is C24H31FN2O4S. The quantitative estimate of drug-likeness (QED) is 0.637. The highest BCUT2D eigenvalue weighted by Crippen LogP contribution is 2.30. The highest BCUT2D eigenvalue weighted by atomic mass is 32.2. The first-order valence-electron chi connectivity index (χ1n) is 10.8. The van der Waals surface area contributed by atoms with E-state index in [0.717, 1.165) is 23.4 Å². The molecule has 0 radical (unpaired) electrons. The van der Waals surface area contributed by atoms with Gasteiger partial charge in [-0.2, -0.15) is 4.31 Å². The summed E-state index contributed by atoms with van der Waals surface area (Å²) in [5.74, 6) is -0.312. The number of amides is 1. The molecule has 1 unspecified atom stereocenters. The van der Waals surface area contributed by atoms with Gasteiger partial charge in [0, 0.05) is 13.1 Å². The topological polar surface area (TPSA) is 75.7 Å². The second kappa shape index (κ2) is 10.0. The Morgan fingerprint density at radius 2 is 1.84 bits per heavy atom. The summed E-state index contributed by atoms with van der Waals surface area (Å²) in [7, 11) is -3.76. The Labute approximate surface area is 189 Å². The number of ether oxygens (including phenoxy) is 1. The first-order chi connectivity index (χ1) is 15.1. The zero-order valence-electron chi connectivity index (χ0n) is 18.8. The summed E-state index contributed by atoms with van der Waals surface area (Å²) < 4.78 is 46.0. The summed E-state index contributed by atoms with van der Waals surface area (Å²) in [4.78, 5) is 12.7. The van der Waals surface area contributed by atoms with Crippen molar-refractivity contribution in [3.8, 4) is 5.75 Å². The standard InChI is InChI=1S/C24H31FN2O4S/c1-24(2,3)21-8-4-5-9-22(21)31-16-14-26-23(28)18-7-6-15-27(17-18)32(29,30)20-12-10-19(25)11-13-20/h4-5,8-13,18H,6-7,14-17H2,1-3H3,(H,26,28). The second-order valence-electron chi connectivity index (χ2n) is 9.04. The summed E-state index contributed by atoms with van der Waals surface area (Å²) >= 11 is 0. The molecule has 1 fully saturated rings. The third kappa shape index (κ3) is 5.86. The number of carbonyl (C=O) groups is 1. The van der Waals surface area contributed by atoms with Crippen molar-refractivity contribution in [2.24, 2.45) is 5.92 Å². The third-order valence-electron chi connectivity index (χ3n) is 5.56. The van der Waals surface area contributed by atoms with Crippen molar-refractivity contribution in [1.82, 2.24) is 9.62 Å². The van der Waals surface area contributed by atoms with Crippen LogP contribution in [0.2, 0.25) is 0 Å². The molecule has 8 heteroatoms. The van der Waals surface area contributed by atoms with Crippen LogP contribution >= 0.6 is 0 Å². The molecule has 1 saturated heterocycles. The number of benzene rings is 2. The van der Waals surface area contributed by atoms with Gasteiger partial charge in [-0.05, 0) is 54.2 Å². The average molecular weight is 463 g/mol. The smallest absolute Gasteiger partial charge is 0.243 e. The van der Waals surface area contributed by atoms with Crippen molar-refractivity contribution >= 4 is 15.9 Å². The average Bonchev–Trinajstić information content (AvgIpc) is 2.76. The van der Waals surface area contributed by atoms with Crippen molar-refractivity contribution in [2.45, 2.75) is 43.9 Å². The molecule has 32 heavy (non-hydrogen) atoms. The maximum atomic E-state index is 13.1. The predicted octanol–water partition coefficient (Wildman–Crippen LogP) is 3.72. The van der Waals surface area contributed by atoms with Gasteiger partial charge >= 0.3 is 0 Å². The third-order valence-corrected chi connectivity index (χ3v) is 7.44. The number of nitrogens with zero attached hydrogens (tertiary/aromatic N) is 1. The van der Waals surface area contributed by atoms with E-state index in [0.29, 0.717) is 32.5 Å². The molecular weight excluding hydrogens is 431 g/mol. The highest BCUT2D eigenvalue weighted by Gasteiger charge is 2.33. The van der Waals surface area contributed by atoms with Crippen LogP contribution < -0.4 is 10.1 Å². The molecule has 1 amide bonds. The highest BCUT2D eigenvalue weighted by molar-refractivity contribution is 7.89. The fourth-order valence-corrected chi connectivity index (χ4v) is 5.35. The summed E-state index contributed by atoms with van der Waals surface area (Å²) in [5.41, 5.74) is 1.04. The van der Waals surface area contributed by atoms with Crippen molar-refractivity contribution in [1.29, 1.82) is 0 Å². The number of carbonyl (C=O) groups excluding carboxylic acids is 1. The summed E-state index contributed by atoms with van der Waals surface area (Å²) in [5, 5.41) is 2.87. The van der Waals surface area contributed by atoms with E-state index in [9.17, 15) is 17.6 Å². The van der Waals surface area contributed by atoms with Crippen LogP contribution in [0.25, 0.3) is 0 Å². The number of hydrogen-bond acceptors (Lipinski definition) is 4. The number of halogens is 1. The van der Waals surface area contributed by atoms with Crippen LogP contribution in [0.4, 0.5) is 4.39 Å². The van der Waals surface area contributed by atoms with Crippen LogP contribution in [-0.4, -0.2) is 44.9 Å². The predicted molar refractivity (Wildman–Crippen MR) is 122 cm³/mol. The molecule has 1 N–H and O–H groups in total. The van der Waals surface area contributed by atoms with E-state index in [-0.39, 0.29) is 22.8 Å². The zero-order chi connectivity index (χ0) is 23.4. The molecule has 2 aromatic rings. The summed E-state index contributed by atoms with van der Waals surface area (Å²) in [6.45, 7) is 7.46. The Morgan fingerprint density at radius 3 is 2.53 bits per heavy atom. The van der Waals surface area contributed by atoms with Crippen LogP contribution in [-0.2, 0) is 20.2 Å². The van der Waals surface area contributed by atoms with E-state index in [1.54, 1.807) is 0 Å². The number of sulfonamides is 1. The molecule has 0 bridgehead atoms. The molecule has 2 aromatic carbocycles. The van der Waals surface area contributed by atoms with Crippen LogP contribution in [0.3, 0.4) is 0 Å². The van der Waals surface area contributed by atoms with E-state index >= 15 is 0 Å².